The van der Waals surface area contributed by atoms with Crippen molar-refractivity contribution >= 4 is 5.69 Å². The maximum absolute atomic E-state index is 13.6. The predicted octanol–water partition coefficient (Wildman–Crippen LogP) is 3.16. The van der Waals surface area contributed by atoms with Crippen molar-refractivity contribution in [2.75, 3.05) is 5.32 Å². The molecule has 0 unspecified atom stereocenters. The normalized spacial score (nSPS) is 10.6. The number of hydrogen-bond donors (Lipinski definition) is 1. The zero-order valence-electron chi connectivity index (χ0n) is 11.0. The zero-order valence-corrected chi connectivity index (χ0v) is 11.0. The van der Waals surface area contributed by atoms with E-state index in [1.807, 2.05) is 24.3 Å². The molecule has 0 saturated carbocycles. The maximum atomic E-state index is 13.6. The smallest absolute Gasteiger partial charge is 0.163 e. The lowest BCUT2D eigenvalue weighted by Crippen LogP contribution is -2.03. The minimum absolute atomic E-state index is 0.204. The summed E-state index contributed by atoms with van der Waals surface area (Å²) in [5.74, 6) is -1.66. The van der Waals surface area contributed by atoms with E-state index in [0.717, 1.165) is 17.4 Å². The fourth-order valence-electron chi connectivity index (χ4n) is 1.99. The fraction of sp³-hybridized carbons (Fsp3) is 0.0667. The van der Waals surface area contributed by atoms with Crippen LogP contribution >= 0.6 is 0 Å². The molecule has 4 nitrogen and oxygen atoms in total. The number of benzene rings is 2. The van der Waals surface area contributed by atoms with Crippen LogP contribution < -0.4 is 5.32 Å². The highest BCUT2D eigenvalue weighted by atomic mass is 19.2. The summed E-state index contributed by atoms with van der Waals surface area (Å²) < 4.78 is 28.5. The molecular formula is C15H12F2N4. The second-order valence-corrected chi connectivity index (χ2v) is 4.49. The summed E-state index contributed by atoms with van der Waals surface area (Å²) in [5.41, 5.74) is 1.96. The molecule has 0 aliphatic heterocycles. The van der Waals surface area contributed by atoms with Gasteiger partial charge in [0.1, 0.15) is 12.7 Å². The third-order valence-corrected chi connectivity index (χ3v) is 3.08. The van der Waals surface area contributed by atoms with E-state index in [1.165, 1.54) is 6.07 Å². The minimum Gasteiger partial charge on any atom is -0.381 e. The Morgan fingerprint density at radius 2 is 1.76 bits per heavy atom. The Kier molecular flexibility index (Phi) is 3.59. The van der Waals surface area contributed by atoms with Gasteiger partial charge in [-0.15, -0.1) is 10.2 Å². The Labute approximate surface area is 120 Å². The van der Waals surface area contributed by atoms with Gasteiger partial charge in [0.15, 0.2) is 11.6 Å². The maximum Gasteiger partial charge on any atom is 0.163 e. The van der Waals surface area contributed by atoms with Crippen molar-refractivity contribution < 1.29 is 8.78 Å². The summed E-state index contributed by atoms with van der Waals surface area (Å²) in [5, 5.41) is 10.6. The molecule has 6 heteroatoms. The van der Waals surface area contributed by atoms with Crippen molar-refractivity contribution in [1.82, 2.24) is 14.8 Å². The van der Waals surface area contributed by atoms with Crippen LogP contribution in [0.5, 0.6) is 0 Å². The Morgan fingerprint density at radius 1 is 1.00 bits per heavy atom. The van der Waals surface area contributed by atoms with Crippen LogP contribution in [-0.2, 0) is 6.54 Å². The molecule has 0 aliphatic carbocycles. The van der Waals surface area contributed by atoms with Gasteiger partial charge in [-0.3, -0.25) is 4.57 Å². The molecule has 0 radical (unpaired) electrons. The number of rotatable bonds is 4. The number of hydrogen-bond acceptors (Lipinski definition) is 3. The Bertz CT molecular complexity index is 741. The molecule has 1 N–H and O–H groups in total. The highest BCUT2D eigenvalue weighted by Crippen LogP contribution is 2.17. The number of nitrogens with one attached hydrogen (secondary N) is 1. The lowest BCUT2D eigenvalue weighted by Gasteiger charge is -2.09. The third kappa shape index (κ3) is 2.89. The Morgan fingerprint density at radius 3 is 2.57 bits per heavy atom. The second-order valence-electron chi connectivity index (χ2n) is 4.49. The highest BCUT2D eigenvalue weighted by molar-refractivity contribution is 5.51. The van der Waals surface area contributed by atoms with Crippen molar-refractivity contribution in [3.8, 4) is 5.69 Å². The standard InChI is InChI=1S/C15H12F2N4/c16-14-6-1-3-11(15(14)17)8-18-12-4-2-5-13(7-12)21-9-19-20-10-21/h1-7,9-10,18H,8H2. The Balaban J connectivity index is 1.77. The molecule has 3 rings (SSSR count). The van der Waals surface area contributed by atoms with Gasteiger partial charge in [0.25, 0.3) is 0 Å². The lowest BCUT2D eigenvalue weighted by molar-refractivity contribution is 0.500. The molecule has 0 spiro atoms. The monoisotopic (exact) mass is 286 g/mol. The lowest BCUT2D eigenvalue weighted by atomic mass is 10.2. The van der Waals surface area contributed by atoms with Crippen molar-refractivity contribution in [2.24, 2.45) is 0 Å². The molecule has 1 heterocycles. The van der Waals surface area contributed by atoms with E-state index in [1.54, 1.807) is 23.3 Å². The number of anilines is 1. The van der Waals surface area contributed by atoms with E-state index in [4.69, 9.17) is 0 Å². The van der Waals surface area contributed by atoms with Crippen LogP contribution in [0.25, 0.3) is 5.69 Å². The summed E-state index contributed by atoms with van der Waals surface area (Å²) in [6.45, 7) is 0.204. The van der Waals surface area contributed by atoms with Gasteiger partial charge < -0.3 is 5.32 Å². The molecule has 21 heavy (non-hydrogen) atoms. The van der Waals surface area contributed by atoms with Gasteiger partial charge in [0.2, 0.25) is 0 Å². The predicted molar refractivity (Wildman–Crippen MR) is 75.0 cm³/mol. The third-order valence-electron chi connectivity index (χ3n) is 3.08. The van der Waals surface area contributed by atoms with Crippen molar-refractivity contribution in [2.45, 2.75) is 6.54 Å². The first-order valence-corrected chi connectivity index (χ1v) is 6.36. The van der Waals surface area contributed by atoms with E-state index in [-0.39, 0.29) is 12.1 Å². The van der Waals surface area contributed by atoms with Gasteiger partial charge in [-0.25, -0.2) is 8.78 Å². The zero-order chi connectivity index (χ0) is 14.7. The van der Waals surface area contributed by atoms with Crippen LogP contribution in [0.1, 0.15) is 5.56 Å². The summed E-state index contributed by atoms with van der Waals surface area (Å²) in [6, 6.07) is 11.6. The van der Waals surface area contributed by atoms with E-state index in [9.17, 15) is 8.78 Å². The first-order chi connectivity index (χ1) is 10.2. The average molecular weight is 286 g/mol. The van der Waals surface area contributed by atoms with E-state index in [2.05, 4.69) is 15.5 Å². The molecule has 0 saturated heterocycles. The summed E-state index contributed by atoms with van der Waals surface area (Å²) in [4.78, 5) is 0. The first kappa shape index (κ1) is 13.2. The topological polar surface area (TPSA) is 42.7 Å². The van der Waals surface area contributed by atoms with Crippen LogP contribution in [0.2, 0.25) is 0 Å². The summed E-state index contributed by atoms with van der Waals surface area (Å²) in [6.07, 6.45) is 3.18. The minimum atomic E-state index is -0.840. The van der Waals surface area contributed by atoms with Crippen LogP contribution in [0.3, 0.4) is 0 Å². The van der Waals surface area contributed by atoms with E-state index < -0.39 is 11.6 Å². The molecule has 0 atom stereocenters. The van der Waals surface area contributed by atoms with Gasteiger partial charge >= 0.3 is 0 Å². The highest BCUT2D eigenvalue weighted by Gasteiger charge is 2.07. The van der Waals surface area contributed by atoms with Crippen LogP contribution in [0.4, 0.5) is 14.5 Å². The van der Waals surface area contributed by atoms with Gasteiger partial charge in [-0.05, 0) is 24.3 Å². The van der Waals surface area contributed by atoms with Crippen molar-refractivity contribution in [3.63, 3.8) is 0 Å². The SMILES string of the molecule is Fc1cccc(CNc2cccc(-n3cnnc3)c2)c1F. The second kappa shape index (κ2) is 5.70. The molecular weight excluding hydrogens is 274 g/mol. The van der Waals surface area contributed by atoms with Crippen LogP contribution in [0.15, 0.2) is 55.1 Å². The van der Waals surface area contributed by atoms with E-state index in [0.29, 0.717) is 0 Å². The Hall–Kier alpha value is -2.76. The quantitative estimate of drug-likeness (QED) is 0.801. The summed E-state index contributed by atoms with van der Waals surface area (Å²) in [7, 11) is 0. The number of aromatic nitrogens is 3. The molecule has 2 aromatic carbocycles. The van der Waals surface area contributed by atoms with Gasteiger partial charge in [0, 0.05) is 17.8 Å². The molecule has 0 aliphatic rings. The van der Waals surface area contributed by atoms with Crippen molar-refractivity contribution in [3.05, 3.63) is 72.3 Å². The molecule has 1 aromatic heterocycles. The van der Waals surface area contributed by atoms with Crippen LogP contribution in [-0.4, -0.2) is 14.8 Å². The van der Waals surface area contributed by atoms with Gasteiger partial charge in [-0.1, -0.05) is 18.2 Å². The number of nitrogens with zero attached hydrogens (tertiary/aromatic N) is 3. The molecule has 0 fully saturated rings. The largest absolute Gasteiger partial charge is 0.381 e. The first-order valence-electron chi connectivity index (χ1n) is 6.36. The van der Waals surface area contributed by atoms with Crippen molar-refractivity contribution in [1.29, 1.82) is 0 Å². The van der Waals surface area contributed by atoms with E-state index >= 15 is 0 Å². The number of halogens is 2. The van der Waals surface area contributed by atoms with Gasteiger partial charge in [-0.2, -0.15) is 0 Å². The molecule has 0 bridgehead atoms. The molecule has 106 valence electrons. The molecule has 3 aromatic rings. The van der Waals surface area contributed by atoms with Crippen LogP contribution in [0, 0.1) is 11.6 Å². The molecule has 0 amide bonds. The summed E-state index contributed by atoms with van der Waals surface area (Å²) >= 11 is 0. The fourth-order valence-corrected chi connectivity index (χ4v) is 1.99. The average Bonchev–Trinajstić information content (AvgIpc) is 3.03. The van der Waals surface area contributed by atoms with Gasteiger partial charge in [0.05, 0.1) is 5.69 Å².